The van der Waals surface area contributed by atoms with Gasteiger partial charge >= 0.3 is 44.6 Å². The Morgan fingerprint density at radius 3 is 1.52 bits per heavy atom. The van der Waals surface area contributed by atoms with Gasteiger partial charge in [-0.05, 0) is 92.4 Å². The number of rotatable bonds is 10. The zero-order valence-corrected chi connectivity index (χ0v) is 25.1. The topological polar surface area (TPSA) is 66.4 Å². The highest BCUT2D eigenvalue weighted by molar-refractivity contribution is 7.86. The molecule has 0 amide bonds. The van der Waals surface area contributed by atoms with E-state index >= 15 is 0 Å². The summed E-state index contributed by atoms with van der Waals surface area (Å²) < 4.78 is 144. The van der Waals surface area contributed by atoms with Crippen LogP contribution in [-0.4, -0.2) is 36.4 Å². The van der Waals surface area contributed by atoms with Crippen molar-refractivity contribution in [3.8, 4) is 0 Å². The third kappa shape index (κ3) is 7.40. The highest BCUT2D eigenvalue weighted by Crippen LogP contribution is 2.62. The fourth-order valence-electron chi connectivity index (χ4n) is 6.69. The standard InChI is InChI=1S/C16H20F8O4S.C12H10I/c17-13(18,14(19,20)28-15(21,22)16(23,24)29(25,26)27)2-1-12-6-9-3-10(7-12)5-11(4-9)8-12;1-3-7-11(8-4-1)13-12-9-5-2-6-10-12/h9-11H,1-8H2,(H,25,26,27);1-10H/q;+1/p-1. The highest BCUT2D eigenvalue weighted by atomic mass is 127. The summed E-state index contributed by atoms with van der Waals surface area (Å²) in [5, 5.41) is -6.65. The molecule has 0 spiro atoms. The van der Waals surface area contributed by atoms with Crippen molar-refractivity contribution < 1.29 is 74.0 Å². The Balaban J connectivity index is 0.000000258. The van der Waals surface area contributed by atoms with Crippen LogP contribution in [0.25, 0.3) is 0 Å². The van der Waals surface area contributed by atoms with Gasteiger partial charge in [0, 0.05) is 6.42 Å². The molecule has 0 aliphatic heterocycles. The summed E-state index contributed by atoms with van der Waals surface area (Å²) in [4.78, 5) is 0. The molecule has 6 rings (SSSR count). The van der Waals surface area contributed by atoms with Gasteiger partial charge in [0.2, 0.25) is 0 Å². The summed E-state index contributed by atoms with van der Waals surface area (Å²) in [5.41, 5.74) is -0.626. The molecule has 4 fully saturated rings. The minimum Gasteiger partial charge on any atom is -0.743 e. The Hall–Kier alpha value is -1.52. The van der Waals surface area contributed by atoms with Gasteiger partial charge in [-0.2, -0.15) is 35.1 Å². The number of benzene rings is 2. The summed E-state index contributed by atoms with van der Waals surface area (Å²) in [7, 11) is -7.16. The van der Waals surface area contributed by atoms with Crippen LogP contribution in [0.15, 0.2) is 60.7 Å². The largest absolute Gasteiger partial charge is 0.743 e. The van der Waals surface area contributed by atoms with Crippen LogP contribution in [-0.2, 0) is 14.9 Å². The van der Waals surface area contributed by atoms with Crippen LogP contribution >= 0.6 is 0 Å². The molecule has 0 unspecified atom stereocenters. The highest BCUT2D eigenvalue weighted by Gasteiger charge is 2.71. The Bertz CT molecular complexity index is 1240. The van der Waals surface area contributed by atoms with Gasteiger partial charge in [0.05, 0.1) is 0 Å². The van der Waals surface area contributed by atoms with Crippen molar-refractivity contribution >= 4 is 10.1 Å². The van der Waals surface area contributed by atoms with E-state index in [-0.39, 0.29) is 21.2 Å². The van der Waals surface area contributed by atoms with Gasteiger partial charge in [0.1, 0.15) is 0 Å². The molecule has 4 saturated carbocycles. The minimum absolute atomic E-state index is 0.0287. The average molecular weight is 740 g/mol. The smallest absolute Gasteiger partial charge is 0.438 e. The quantitative estimate of drug-likeness (QED) is 0.200. The van der Waals surface area contributed by atoms with Gasteiger partial charge in [0.15, 0.2) is 17.3 Å². The van der Waals surface area contributed by atoms with Crippen LogP contribution in [0.1, 0.15) is 51.4 Å². The van der Waals surface area contributed by atoms with E-state index in [1.807, 2.05) is 0 Å². The van der Waals surface area contributed by atoms with Gasteiger partial charge in [-0.1, -0.05) is 36.4 Å². The van der Waals surface area contributed by atoms with Crippen molar-refractivity contribution in [2.75, 3.05) is 0 Å². The lowest BCUT2D eigenvalue weighted by molar-refractivity contribution is -0.597. The normalized spacial score (nSPS) is 26.1. The van der Waals surface area contributed by atoms with Crippen LogP contribution in [0.4, 0.5) is 35.1 Å². The lowest BCUT2D eigenvalue weighted by Crippen LogP contribution is -3.61. The van der Waals surface area contributed by atoms with Crippen molar-refractivity contribution in [1.29, 1.82) is 0 Å². The molecule has 0 atom stereocenters. The molecule has 4 bridgehead atoms. The van der Waals surface area contributed by atoms with Crippen molar-refractivity contribution in [2.45, 2.75) is 74.8 Å². The van der Waals surface area contributed by atoms with Crippen LogP contribution in [0.5, 0.6) is 0 Å². The number of halogens is 9. The monoisotopic (exact) mass is 740 g/mol. The van der Waals surface area contributed by atoms with Crippen LogP contribution in [0.2, 0.25) is 0 Å². The first-order chi connectivity index (χ1) is 19.3. The molecule has 234 valence electrons. The Kier molecular flexibility index (Phi) is 9.62. The summed E-state index contributed by atoms with van der Waals surface area (Å²) in [6, 6.07) is 21.4. The zero-order chi connectivity index (χ0) is 31.0. The summed E-state index contributed by atoms with van der Waals surface area (Å²) in [6.45, 7) is 0. The molecule has 42 heavy (non-hydrogen) atoms. The summed E-state index contributed by atoms with van der Waals surface area (Å²) in [6.07, 6.45) is -10.3. The lowest BCUT2D eigenvalue weighted by Gasteiger charge is -2.57. The molecule has 0 saturated heterocycles. The second-order valence-electron chi connectivity index (χ2n) is 11.4. The molecule has 4 aliphatic rings. The van der Waals surface area contributed by atoms with E-state index in [1.165, 1.54) is 7.14 Å². The fourth-order valence-corrected chi connectivity index (χ4v) is 9.29. The molecule has 2 aromatic rings. The molecule has 0 N–H and O–H groups in total. The van der Waals surface area contributed by atoms with Gasteiger partial charge in [-0.3, -0.25) is 0 Å². The third-order valence-electron chi connectivity index (χ3n) is 8.15. The number of hydrogen-bond acceptors (Lipinski definition) is 4. The lowest BCUT2D eigenvalue weighted by atomic mass is 9.48. The predicted molar refractivity (Wildman–Crippen MR) is 131 cm³/mol. The Morgan fingerprint density at radius 2 is 1.14 bits per heavy atom. The van der Waals surface area contributed by atoms with E-state index in [4.69, 9.17) is 0 Å². The van der Waals surface area contributed by atoms with Crippen molar-refractivity contribution in [2.24, 2.45) is 23.2 Å². The second kappa shape index (κ2) is 12.1. The Labute approximate surface area is 249 Å². The van der Waals surface area contributed by atoms with Crippen molar-refractivity contribution in [3.05, 3.63) is 67.8 Å². The van der Waals surface area contributed by atoms with E-state index in [9.17, 15) is 48.1 Å². The maximum absolute atomic E-state index is 14.0. The molecule has 0 aromatic heterocycles. The summed E-state index contributed by atoms with van der Waals surface area (Å²) in [5.74, 6) is -4.37. The fraction of sp³-hybridized carbons (Fsp3) is 0.571. The van der Waals surface area contributed by atoms with Crippen molar-refractivity contribution in [1.82, 2.24) is 0 Å². The van der Waals surface area contributed by atoms with E-state index in [2.05, 4.69) is 65.4 Å². The number of ether oxygens (including phenoxy) is 1. The van der Waals surface area contributed by atoms with Crippen LogP contribution in [0.3, 0.4) is 0 Å². The van der Waals surface area contributed by atoms with Crippen LogP contribution in [0, 0.1) is 30.3 Å². The maximum Gasteiger partial charge on any atom is 0.438 e. The zero-order valence-electron chi connectivity index (χ0n) is 22.1. The van der Waals surface area contributed by atoms with E-state index in [0.29, 0.717) is 37.0 Å². The molecular weight excluding hydrogens is 711 g/mol. The molecular formula is C28H29F8IO4S. The molecule has 4 nitrogen and oxygen atoms in total. The second-order valence-corrected chi connectivity index (χ2v) is 15.9. The number of hydrogen-bond donors (Lipinski definition) is 0. The van der Waals surface area contributed by atoms with Crippen molar-refractivity contribution in [3.63, 3.8) is 0 Å². The van der Waals surface area contributed by atoms with Gasteiger partial charge < -0.3 is 4.55 Å². The van der Waals surface area contributed by atoms with E-state index < -0.39 is 51.8 Å². The first-order valence-corrected chi connectivity index (χ1v) is 16.8. The Morgan fingerprint density at radius 1 is 0.738 bits per heavy atom. The minimum atomic E-state index is -7.16. The number of alkyl halides is 8. The van der Waals surface area contributed by atoms with E-state index in [1.54, 1.807) is 0 Å². The maximum atomic E-state index is 14.0. The average Bonchev–Trinajstić information content (AvgIpc) is 2.87. The van der Waals surface area contributed by atoms with Gasteiger partial charge in [0.25, 0.3) is 0 Å². The third-order valence-corrected chi connectivity index (χ3v) is 11.7. The van der Waals surface area contributed by atoms with E-state index in [0.717, 1.165) is 19.3 Å². The predicted octanol–water partition coefficient (Wildman–Crippen LogP) is 4.77. The molecule has 0 radical (unpaired) electrons. The molecule has 4 aliphatic carbocycles. The van der Waals surface area contributed by atoms with Gasteiger partial charge in [-0.25, -0.2) is 13.2 Å². The molecule has 0 heterocycles. The summed E-state index contributed by atoms with van der Waals surface area (Å²) >= 11 is 0.0287. The van der Waals surface area contributed by atoms with Crippen LogP contribution < -0.4 is 21.2 Å². The molecule has 14 heteroatoms. The SMILES string of the molecule is O=S(=O)([O-])C(F)(F)C(F)(F)OC(F)(F)C(F)(F)CCC12CC3CC(CC(C3)C1)C2.c1ccc([I+]c2ccccc2)cc1. The van der Waals surface area contributed by atoms with Gasteiger partial charge in [-0.15, -0.1) is 0 Å². The first-order valence-electron chi connectivity index (χ1n) is 13.3. The molecule has 2 aromatic carbocycles. The first kappa shape index (κ1) is 33.4.